The largest absolute Gasteiger partial charge is 0.103 e. The van der Waals surface area contributed by atoms with Gasteiger partial charge in [-0.3, -0.25) is 0 Å². The van der Waals surface area contributed by atoms with Crippen LogP contribution in [0, 0.1) is 0 Å². The molecule has 0 amide bonds. The quantitative estimate of drug-likeness (QED) is 0.402. The van der Waals surface area contributed by atoms with Crippen molar-refractivity contribution in [3.05, 3.63) is 12.6 Å². The summed E-state index contributed by atoms with van der Waals surface area (Å²) in [4.78, 5) is 0. The monoisotopic (exact) mass is 59.1 g/mol. The highest BCUT2D eigenvalue weighted by atomic mass is 13.5. The first-order valence-electron chi connectivity index (χ1n) is 2.81. The minimum Gasteiger partial charge on any atom is -0.103 e. The summed E-state index contributed by atoms with van der Waals surface area (Å²) >= 11 is 0. The average Bonchev–Trinajstić information content (AvgIpc) is 1.65. The van der Waals surface area contributed by atoms with Crippen LogP contribution in [0.5, 0.6) is 0 Å². The lowest BCUT2D eigenvalue weighted by atomic mass is 10.5. The first-order chi connectivity index (χ1) is 3.18. The zero-order chi connectivity index (χ0) is 5.86. The van der Waals surface area contributed by atoms with Gasteiger partial charge in [-0.1, -0.05) is 13.0 Å². The van der Waals surface area contributed by atoms with Crippen LogP contribution in [-0.2, 0) is 0 Å². The summed E-state index contributed by atoms with van der Waals surface area (Å²) in [6, 6.07) is 0.0972. The molecule has 0 heterocycles. The van der Waals surface area contributed by atoms with Gasteiger partial charge >= 0.3 is 0 Å². The smallest absolute Gasteiger partial charge is 0.0569 e. The van der Waals surface area contributed by atoms with E-state index in [4.69, 9.17) is 4.11 Å². The third kappa shape index (κ3) is 1.74. The fourth-order valence-electron chi connectivity index (χ4n) is 0. The molecular formula is C4H8. The van der Waals surface area contributed by atoms with Gasteiger partial charge in [0.1, 0.15) is 0 Å². The molecule has 0 atom stereocenters. The van der Waals surface area contributed by atoms with E-state index in [9.17, 15) is 0 Å². The zero-order valence-corrected chi connectivity index (χ0v) is 2.71. The minimum atomic E-state index is -0.373. The first kappa shape index (κ1) is 0.852. The molecule has 0 N–H and O–H groups in total. The van der Waals surface area contributed by atoms with Crippen LogP contribution in [0.25, 0.3) is 0 Å². The summed E-state index contributed by atoms with van der Waals surface area (Å²) < 4.78 is 19.9. The lowest BCUT2D eigenvalue weighted by Crippen LogP contribution is -1.36. The van der Waals surface area contributed by atoms with Crippen molar-refractivity contribution in [3.8, 4) is 0 Å². The second kappa shape index (κ2) is 2.74. The van der Waals surface area contributed by atoms with Crippen molar-refractivity contribution in [3.63, 3.8) is 0 Å². The molecule has 0 aromatic heterocycles. The van der Waals surface area contributed by atoms with E-state index >= 15 is 0 Å². The number of rotatable bonds is 1. The van der Waals surface area contributed by atoms with Crippen LogP contribution >= 0.6 is 0 Å². The molecule has 0 aliphatic heterocycles. The SMILES string of the molecule is [2H]C([2H])=C([2H])CC. The Morgan fingerprint density at radius 1 is 2.75 bits per heavy atom. The number of hydrogen-bond donors (Lipinski definition) is 0. The molecule has 0 heteroatoms. The molecule has 0 fully saturated rings. The first-order valence-corrected chi connectivity index (χ1v) is 1.31. The van der Waals surface area contributed by atoms with Gasteiger partial charge in [-0.15, -0.1) is 6.53 Å². The summed E-state index contributed by atoms with van der Waals surface area (Å²) in [6.07, 6.45) is 0.488. The van der Waals surface area contributed by atoms with Crippen LogP contribution in [0.3, 0.4) is 0 Å². The van der Waals surface area contributed by atoms with Crippen molar-refractivity contribution >= 4 is 0 Å². The summed E-state index contributed by atoms with van der Waals surface area (Å²) in [5.41, 5.74) is 0. The van der Waals surface area contributed by atoms with Crippen LogP contribution in [-0.4, -0.2) is 0 Å². The van der Waals surface area contributed by atoms with Crippen LogP contribution in [0.15, 0.2) is 12.6 Å². The standard InChI is InChI=1S/C4H8/c1-3-4-2/h3H,1,4H2,2H3/i1D2,3D. The molecule has 0 nitrogen and oxygen atoms in total. The van der Waals surface area contributed by atoms with Gasteiger partial charge in [0.2, 0.25) is 0 Å². The second-order valence-electron chi connectivity index (χ2n) is 0.530. The van der Waals surface area contributed by atoms with E-state index in [1.807, 2.05) is 0 Å². The predicted octanol–water partition coefficient (Wildman–Crippen LogP) is 1.58. The summed E-state index contributed by atoms with van der Waals surface area (Å²) in [6.45, 7) is 1.38. The van der Waals surface area contributed by atoms with Gasteiger partial charge in [-0.2, -0.15) is 0 Å². The van der Waals surface area contributed by atoms with Gasteiger partial charge in [0.25, 0.3) is 0 Å². The van der Waals surface area contributed by atoms with Gasteiger partial charge in [0.05, 0.1) is 4.11 Å². The van der Waals surface area contributed by atoms with Crippen LogP contribution in [0.2, 0.25) is 0 Å². The van der Waals surface area contributed by atoms with E-state index in [-0.39, 0.29) is 12.6 Å². The lowest BCUT2D eigenvalue weighted by Gasteiger charge is -1.57. The second-order valence-corrected chi connectivity index (χ2v) is 0.530. The molecule has 0 bridgehead atoms. The van der Waals surface area contributed by atoms with E-state index in [2.05, 4.69) is 0 Å². The molecule has 0 aliphatic carbocycles. The van der Waals surface area contributed by atoms with E-state index in [1.165, 1.54) is 0 Å². The van der Waals surface area contributed by atoms with Gasteiger partial charge in [-0.25, -0.2) is 0 Å². The maximum Gasteiger partial charge on any atom is 0.0569 e. The minimum absolute atomic E-state index is 0.0972. The molecule has 0 saturated heterocycles. The van der Waals surface area contributed by atoms with Crippen molar-refractivity contribution in [2.45, 2.75) is 13.3 Å². The molecule has 24 valence electrons. The van der Waals surface area contributed by atoms with E-state index in [1.54, 1.807) is 6.92 Å². The Morgan fingerprint density at radius 2 is 3.50 bits per heavy atom. The number of allylic oxidation sites excluding steroid dienone is 1. The maximum absolute atomic E-state index is 6.78. The van der Waals surface area contributed by atoms with Crippen molar-refractivity contribution in [1.29, 1.82) is 0 Å². The molecule has 0 saturated carbocycles. The normalized spacial score (nSPS) is 15.8. The molecule has 0 spiro atoms. The highest BCUT2D eigenvalue weighted by Crippen LogP contribution is 1.66. The van der Waals surface area contributed by atoms with Crippen molar-refractivity contribution in [1.82, 2.24) is 0 Å². The summed E-state index contributed by atoms with van der Waals surface area (Å²) in [5, 5.41) is 0. The van der Waals surface area contributed by atoms with E-state index in [0.717, 1.165) is 0 Å². The lowest BCUT2D eigenvalue weighted by molar-refractivity contribution is 1.23. The van der Waals surface area contributed by atoms with Crippen molar-refractivity contribution in [2.24, 2.45) is 0 Å². The van der Waals surface area contributed by atoms with Gasteiger partial charge < -0.3 is 0 Å². The van der Waals surface area contributed by atoms with Crippen molar-refractivity contribution in [2.75, 3.05) is 0 Å². The Morgan fingerprint density at radius 3 is 3.50 bits per heavy atom. The fourth-order valence-corrected chi connectivity index (χ4v) is 0. The zero-order valence-electron chi connectivity index (χ0n) is 5.71. The van der Waals surface area contributed by atoms with Crippen LogP contribution < -0.4 is 0 Å². The topological polar surface area (TPSA) is 0 Å². The average molecular weight is 59.1 g/mol. The van der Waals surface area contributed by atoms with Crippen molar-refractivity contribution < 1.29 is 4.11 Å². The fraction of sp³-hybridized carbons (Fsp3) is 0.500. The molecule has 0 aliphatic rings. The third-order valence-corrected chi connectivity index (χ3v) is 0.177. The predicted molar refractivity (Wildman–Crippen MR) is 20.5 cm³/mol. The molecular weight excluding hydrogens is 48.0 g/mol. The molecule has 0 aromatic carbocycles. The van der Waals surface area contributed by atoms with Gasteiger partial charge in [0.15, 0.2) is 0 Å². The van der Waals surface area contributed by atoms with E-state index in [0.29, 0.717) is 6.42 Å². The number of hydrogen-bond acceptors (Lipinski definition) is 0. The Kier molecular flexibility index (Phi) is 0.584. The molecule has 0 aromatic rings. The van der Waals surface area contributed by atoms with Crippen LogP contribution in [0.4, 0.5) is 0 Å². The maximum atomic E-state index is 6.78. The Balaban J connectivity index is 3.72. The molecule has 0 rings (SSSR count). The Hall–Kier alpha value is -0.260. The highest BCUT2D eigenvalue weighted by molar-refractivity contribution is 4.60. The molecule has 0 unspecified atom stereocenters. The Labute approximate surface area is 31.4 Å². The van der Waals surface area contributed by atoms with Crippen LogP contribution in [0.1, 0.15) is 17.5 Å². The van der Waals surface area contributed by atoms with Gasteiger partial charge in [0, 0.05) is 0 Å². The summed E-state index contributed by atoms with van der Waals surface area (Å²) in [5.74, 6) is 0. The molecule has 0 radical (unpaired) electrons. The highest BCUT2D eigenvalue weighted by Gasteiger charge is 1.45. The third-order valence-electron chi connectivity index (χ3n) is 0.177. The van der Waals surface area contributed by atoms with Gasteiger partial charge in [-0.05, 0) is 6.42 Å². The Bertz CT molecular complexity index is 80.9. The van der Waals surface area contributed by atoms with E-state index < -0.39 is 0 Å². The molecule has 4 heavy (non-hydrogen) atoms. The summed E-state index contributed by atoms with van der Waals surface area (Å²) in [7, 11) is 0.